The highest BCUT2D eigenvalue weighted by molar-refractivity contribution is 7.09. The first-order valence-corrected chi connectivity index (χ1v) is 7.29. The van der Waals surface area contributed by atoms with E-state index in [9.17, 15) is 4.79 Å². The van der Waals surface area contributed by atoms with Gasteiger partial charge in [-0.1, -0.05) is 31.7 Å². The maximum atomic E-state index is 12.1. The first-order chi connectivity index (χ1) is 7.86. The van der Waals surface area contributed by atoms with Gasteiger partial charge in [0.25, 0.3) is 0 Å². The molecule has 0 bridgehead atoms. The maximum absolute atomic E-state index is 12.1. The first-order valence-electron chi connectivity index (χ1n) is 6.41. The van der Waals surface area contributed by atoms with Gasteiger partial charge in [0.1, 0.15) is 5.78 Å². The molecule has 1 nitrogen and oxygen atoms in total. The summed E-state index contributed by atoms with van der Waals surface area (Å²) in [6.45, 7) is 0. The molecule has 0 radical (unpaired) electrons. The van der Waals surface area contributed by atoms with E-state index < -0.39 is 0 Å². The van der Waals surface area contributed by atoms with Crippen molar-refractivity contribution in [1.29, 1.82) is 0 Å². The second-order valence-corrected chi connectivity index (χ2v) is 5.77. The topological polar surface area (TPSA) is 17.1 Å². The van der Waals surface area contributed by atoms with Gasteiger partial charge < -0.3 is 0 Å². The summed E-state index contributed by atoms with van der Waals surface area (Å²) in [5.41, 5.74) is 0. The minimum Gasteiger partial charge on any atom is -0.299 e. The van der Waals surface area contributed by atoms with Gasteiger partial charge >= 0.3 is 0 Å². The van der Waals surface area contributed by atoms with Crippen LogP contribution in [0.5, 0.6) is 0 Å². The summed E-state index contributed by atoms with van der Waals surface area (Å²) < 4.78 is 0. The average Bonchev–Trinajstić information content (AvgIpc) is 2.66. The summed E-state index contributed by atoms with van der Waals surface area (Å²) in [5.74, 6) is 0.887. The van der Waals surface area contributed by atoms with Crippen LogP contribution in [0.3, 0.4) is 0 Å². The molecule has 88 valence electrons. The van der Waals surface area contributed by atoms with Gasteiger partial charge in [-0.25, -0.2) is 0 Å². The number of rotatable bonds is 4. The summed E-state index contributed by atoms with van der Waals surface area (Å²) in [6.07, 6.45) is 9.17. The lowest BCUT2D eigenvalue weighted by molar-refractivity contribution is -0.123. The van der Waals surface area contributed by atoms with Gasteiger partial charge in [-0.2, -0.15) is 0 Å². The Bertz CT molecular complexity index is 307. The molecule has 1 aromatic rings. The molecule has 2 heteroatoms. The third-order valence-corrected chi connectivity index (χ3v) is 4.44. The Kier molecular flexibility index (Phi) is 4.58. The fourth-order valence-electron chi connectivity index (χ4n) is 2.51. The zero-order valence-corrected chi connectivity index (χ0v) is 10.6. The molecule has 16 heavy (non-hydrogen) atoms. The highest BCUT2D eigenvalue weighted by Gasteiger charge is 2.19. The van der Waals surface area contributed by atoms with Crippen molar-refractivity contribution >= 4 is 17.1 Å². The van der Waals surface area contributed by atoms with Crippen LogP contribution in [0.4, 0.5) is 0 Å². The van der Waals surface area contributed by atoms with Gasteiger partial charge in [-0.05, 0) is 30.7 Å². The molecule has 0 amide bonds. The number of aryl methyl sites for hydroxylation is 1. The fraction of sp³-hybridized carbons (Fsp3) is 0.643. The Balaban J connectivity index is 1.78. The number of hydrogen-bond acceptors (Lipinski definition) is 2. The molecule has 0 aliphatic heterocycles. The second kappa shape index (κ2) is 6.19. The highest BCUT2D eigenvalue weighted by Crippen LogP contribution is 2.25. The number of carbonyl (C=O) groups is 1. The zero-order valence-electron chi connectivity index (χ0n) is 9.78. The Morgan fingerprint density at radius 1 is 1.25 bits per heavy atom. The van der Waals surface area contributed by atoms with Gasteiger partial charge in [0.15, 0.2) is 0 Å². The van der Waals surface area contributed by atoms with E-state index in [4.69, 9.17) is 0 Å². The highest BCUT2D eigenvalue weighted by atomic mass is 32.1. The molecule has 1 fully saturated rings. The minimum atomic E-state index is 0.377. The zero-order chi connectivity index (χ0) is 11.2. The van der Waals surface area contributed by atoms with E-state index in [1.165, 1.54) is 30.6 Å². The number of hydrogen-bond donors (Lipinski definition) is 0. The quantitative estimate of drug-likeness (QED) is 0.715. The third-order valence-electron chi connectivity index (χ3n) is 3.51. The Morgan fingerprint density at radius 3 is 2.62 bits per heavy atom. The minimum absolute atomic E-state index is 0.377. The van der Waals surface area contributed by atoms with Crippen molar-refractivity contribution in [2.24, 2.45) is 5.92 Å². The van der Waals surface area contributed by atoms with E-state index in [2.05, 4.69) is 17.5 Å². The largest absolute Gasteiger partial charge is 0.299 e. The van der Waals surface area contributed by atoms with E-state index in [0.717, 1.165) is 25.7 Å². The molecule has 1 aliphatic rings. The third kappa shape index (κ3) is 3.44. The summed E-state index contributed by atoms with van der Waals surface area (Å²) in [4.78, 5) is 13.4. The van der Waals surface area contributed by atoms with Crippen molar-refractivity contribution in [2.45, 2.75) is 51.4 Å². The van der Waals surface area contributed by atoms with E-state index >= 15 is 0 Å². The van der Waals surface area contributed by atoms with E-state index in [0.29, 0.717) is 11.7 Å². The van der Waals surface area contributed by atoms with Crippen molar-refractivity contribution < 1.29 is 4.79 Å². The number of ketones is 1. The molecular formula is C14H20OS. The molecule has 2 rings (SSSR count). The van der Waals surface area contributed by atoms with Crippen molar-refractivity contribution in [3.05, 3.63) is 22.4 Å². The number of carbonyl (C=O) groups excluding carboxylic acids is 1. The van der Waals surface area contributed by atoms with Crippen LogP contribution in [-0.4, -0.2) is 5.78 Å². The van der Waals surface area contributed by atoms with Crippen LogP contribution < -0.4 is 0 Å². The molecule has 0 spiro atoms. The van der Waals surface area contributed by atoms with E-state index in [-0.39, 0.29) is 0 Å². The SMILES string of the molecule is O=C(CCc1cccs1)C1CCCCCC1. The predicted octanol–water partition coefficient (Wildman–Crippen LogP) is 4.22. The van der Waals surface area contributed by atoms with Gasteiger partial charge in [0.2, 0.25) is 0 Å². The van der Waals surface area contributed by atoms with E-state index in [1.807, 2.05) is 0 Å². The Morgan fingerprint density at radius 2 is 2.00 bits per heavy atom. The van der Waals surface area contributed by atoms with Crippen LogP contribution >= 0.6 is 11.3 Å². The van der Waals surface area contributed by atoms with Crippen LogP contribution in [-0.2, 0) is 11.2 Å². The van der Waals surface area contributed by atoms with Crippen LogP contribution in [0, 0.1) is 5.92 Å². The van der Waals surface area contributed by atoms with Crippen molar-refractivity contribution in [3.63, 3.8) is 0 Å². The summed E-state index contributed by atoms with van der Waals surface area (Å²) in [5, 5.41) is 2.09. The molecule has 0 unspecified atom stereocenters. The summed E-state index contributed by atoms with van der Waals surface area (Å²) >= 11 is 1.76. The lowest BCUT2D eigenvalue weighted by Crippen LogP contribution is -2.14. The van der Waals surface area contributed by atoms with Crippen LogP contribution in [0.15, 0.2) is 17.5 Å². The normalized spacial score (nSPS) is 18.2. The number of Topliss-reactive ketones (excluding diaryl/α,β-unsaturated/α-hetero) is 1. The molecule has 1 aliphatic carbocycles. The van der Waals surface area contributed by atoms with Gasteiger partial charge in [-0.15, -0.1) is 11.3 Å². The Hall–Kier alpha value is -0.630. The van der Waals surface area contributed by atoms with Crippen molar-refractivity contribution in [2.75, 3.05) is 0 Å². The van der Waals surface area contributed by atoms with Crippen LogP contribution in [0.25, 0.3) is 0 Å². The molecular weight excluding hydrogens is 216 g/mol. The monoisotopic (exact) mass is 236 g/mol. The Labute approximate surface area is 102 Å². The van der Waals surface area contributed by atoms with Crippen LogP contribution in [0.2, 0.25) is 0 Å². The molecule has 1 saturated carbocycles. The van der Waals surface area contributed by atoms with E-state index in [1.54, 1.807) is 11.3 Å². The lowest BCUT2D eigenvalue weighted by Gasteiger charge is -2.11. The van der Waals surface area contributed by atoms with Crippen molar-refractivity contribution in [1.82, 2.24) is 0 Å². The van der Waals surface area contributed by atoms with Gasteiger partial charge in [0, 0.05) is 17.2 Å². The molecule has 0 atom stereocenters. The predicted molar refractivity (Wildman–Crippen MR) is 68.8 cm³/mol. The van der Waals surface area contributed by atoms with Crippen LogP contribution in [0.1, 0.15) is 49.8 Å². The number of thiophene rings is 1. The van der Waals surface area contributed by atoms with Crippen molar-refractivity contribution in [3.8, 4) is 0 Å². The average molecular weight is 236 g/mol. The summed E-state index contributed by atoms with van der Waals surface area (Å²) in [6, 6.07) is 4.20. The fourth-order valence-corrected chi connectivity index (χ4v) is 3.22. The maximum Gasteiger partial charge on any atom is 0.136 e. The molecule has 0 aromatic carbocycles. The standard InChI is InChI=1S/C14H20OS/c15-14(10-9-13-8-5-11-16-13)12-6-3-1-2-4-7-12/h5,8,11-12H,1-4,6-7,9-10H2. The first kappa shape index (κ1) is 11.8. The lowest BCUT2D eigenvalue weighted by atomic mass is 9.93. The van der Waals surface area contributed by atoms with Gasteiger partial charge in [0.05, 0.1) is 0 Å². The molecule has 0 N–H and O–H groups in total. The molecule has 1 heterocycles. The molecule has 1 aromatic heterocycles. The second-order valence-electron chi connectivity index (χ2n) is 4.73. The molecule has 0 saturated heterocycles. The summed E-state index contributed by atoms with van der Waals surface area (Å²) in [7, 11) is 0. The van der Waals surface area contributed by atoms with Gasteiger partial charge in [-0.3, -0.25) is 4.79 Å². The smallest absolute Gasteiger partial charge is 0.136 e.